The summed E-state index contributed by atoms with van der Waals surface area (Å²) < 4.78 is 8.20. The van der Waals surface area contributed by atoms with E-state index in [0.717, 1.165) is 46.6 Å². The first-order valence-electron chi connectivity index (χ1n) is 12.6. The fourth-order valence-corrected chi connectivity index (χ4v) is 5.34. The number of aromatic nitrogens is 3. The second-order valence-corrected chi connectivity index (χ2v) is 11.1. The summed E-state index contributed by atoms with van der Waals surface area (Å²) >= 11 is 3.03. The van der Waals surface area contributed by atoms with Gasteiger partial charge in [0.1, 0.15) is 12.4 Å². The zero-order chi connectivity index (χ0) is 25.9. The molecule has 1 heterocycles. The van der Waals surface area contributed by atoms with E-state index >= 15 is 0 Å². The number of para-hydroxylation sites is 1. The minimum atomic E-state index is -0.0580. The van der Waals surface area contributed by atoms with Crippen molar-refractivity contribution in [3.8, 4) is 5.75 Å². The molecular formula is C28H38N4O2S2. The molecule has 36 heavy (non-hydrogen) atoms. The van der Waals surface area contributed by atoms with Crippen molar-refractivity contribution >= 4 is 35.1 Å². The molecule has 2 aromatic carbocycles. The van der Waals surface area contributed by atoms with Gasteiger partial charge < -0.3 is 14.6 Å². The zero-order valence-electron chi connectivity index (χ0n) is 22.0. The number of benzene rings is 2. The summed E-state index contributed by atoms with van der Waals surface area (Å²) in [6.07, 6.45) is 6.34. The molecule has 0 aliphatic carbocycles. The molecule has 0 saturated carbocycles. The van der Waals surface area contributed by atoms with Crippen LogP contribution < -0.4 is 10.1 Å². The lowest BCUT2D eigenvalue weighted by Crippen LogP contribution is -2.16. The number of hydrogen-bond acceptors (Lipinski definition) is 6. The number of ether oxygens (including phenoxy) is 1. The summed E-state index contributed by atoms with van der Waals surface area (Å²) in [6, 6.07) is 16.2. The summed E-state index contributed by atoms with van der Waals surface area (Å²) in [5, 5.41) is 12.7. The number of nitrogens with one attached hydrogen (secondary N) is 1. The van der Waals surface area contributed by atoms with Crippen molar-refractivity contribution in [1.82, 2.24) is 14.8 Å². The molecule has 6 nitrogen and oxygen atoms in total. The van der Waals surface area contributed by atoms with Gasteiger partial charge in [-0.25, -0.2) is 0 Å². The Morgan fingerprint density at radius 2 is 1.81 bits per heavy atom. The first-order chi connectivity index (χ1) is 17.4. The average molecular weight is 527 g/mol. The lowest BCUT2D eigenvalue weighted by molar-refractivity contribution is -0.113. The number of carbonyl (C=O) groups excluding carboxylic acids is 1. The van der Waals surface area contributed by atoms with Crippen LogP contribution in [0.1, 0.15) is 64.4 Å². The molecule has 0 unspecified atom stereocenters. The van der Waals surface area contributed by atoms with E-state index in [1.807, 2.05) is 42.7 Å². The molecule has 1 N–H and O–H groups in total. The van der Waals surface area contributed by atoms with Gasteiger partial charge in [-0.3, -0.25) is 4.79 Å². The molecule has 0 aliphatic heterocycles. The second-order valence-electron chi connectivity index (χ2n) is 9.27. The first kappa shape index (κ1) is 28.1. The van der Waals surface area contributed by atoms with E-state index < -0.39 is 0 Å². The van der Waals surface area contributed by atoms with Crippen LogP contribution in [-0.2, 0) is 17.8 Å². The quantitative estimate of drug-likeness (QED) is 0.223. The second kappa shape index (κ2) is 14.3. The minimum absolute atomic E-state index is 0.0580. The third-order valence-corrected chi connectivity index (χ3v) is 7.73. The molecule has 0 fully saturated rings. The summed E-state index contributed by atoms with van der Waals surface area (Å²) in [6.45, 7) is 9.17. The number of rotatable bonds is 14. The Bertz CT molecular complexity index is 1100. The molecular weight excluding hydrogens is 488 g/mol. The highest BCUT2D eigenvalue weighted by Crippen LogP contribution is 2.28. The number of aryl methyl sites for hydroxylation is 1. The van der Waals surface area contributed by atoms with E-state index in [4.69, 9.17) is 4.74 Å². The normalized spacial score (nSPS) is 12.1. The highest BCUT2D eigenvalue weighted by Gasteiger charge is 2.20. The van der Waals surface area contributed by atoms with Crippen LogP contribution in [0.4, 0.5) is 5.69 Å². The van der Waals surface area contributed by atoms with Crippen molar-refractivity contribution in [3.05, 3.63) is 59.9 Å². The van der Waals surface area contributed by atoms with Crippen LogP contribution in [0.15, 0.2) is 58.6 Å². The van der Waals surface area contributed by atoms with Gasteiger partial charge in [-0.2, -0.15) is 0 Å². The van der Waals surface area contributed by atoms with Gasteiger partial charge in [-0.1, -0.05) is 69.6 Å². The Kier molecular flexibility index (Phi) is 11.2. The summed E-state index contributed by atoms with van der Waals surface area (Å²) in [7, 11) is 0. The SMILES string of the molecule is CCc1ccc(OCc2nnc(SCC(=O)Nc3ccccc3SC)n2[C@@H](C)CCCC(C)C)cc1. The number of amides is 1. The van der Waals surface area contributed by atoms with Crippen molar-refractivity contribution < 1.29 is 9.53 Å². The topological polar surface area (TPSA) is 69.0 Å². The maximum atomic E-state index is 12.7. The van der Waals surface area contributed by atoms with Gasteiger partial charge in [-0.15, -0.1) is 22.0 Å². The van der Waals surface area contributed by atoms with Crippen LogP contribution in [0.2, 0.25) is 0 Å². The fraction of sp³-hybridized carbons (Fsp3) is 0.464. The molecule has 0 spiro atoms. The Balaban J connectivity index is 1.69. The lowest BCUT2D eigenvalue weighted by Gasteiger charge is -2.19. The molecule has 1 aromatic heterocycles. The molecule has 1 atom stereocenters. The van der Waals surface area contributed by atoms with Crippen molar-refractivity contribution in [1.29, 1.82) is 0 Å². The third-order valence-electron chi connectivity index (χ3n) is 5.99. The van der Waals surface area contributed by atoms with Gasteiger partial charge in [0.15, 0.2) is 11.0 Å². The van der Waals surface area contributed by atoms with Crippen molar-refractivity contribution in [3.63, 3.8) is 0 Å². The summed E-state index contributed by atoms with van der Waals surface area (Å²) in [4.78, 5) is 13.8. The average Bonchev–Trinajstić information content (AvgIpc) is 3.29. The Labute approximate surface area is 224 Å². The number of thioether (sulfide) groups is 2. The van der Waals surface area contributed by atoms with Crippen LogP contribution in [0, 0.1) is 5.92 Å². The van der Waals surface area contributed by atoms with E-state index in [9.17, 15) is 4.79 Å². The molecule has 0 aliphatic rings. The molecule has 0 saturated heterocycles. The van der Waals surface area contributed by atoms with Crippen LogP contribution in [-0.4, -0.2) is 32.7 Å². The van der Waals surface area contributed by atoms with Crippen molar-refractivity contribution in [2.24, 2.45) is 5.92 Å². The maximum Gasteiger partial charge on any atom is 0.234 e. The van der Waals surface area contributed by atoms with Crippen LogP contribution in [0.25, 0.3) is 0 Å². The number of carbonyl (C=O) groups is 1. The van der Waals surface area contributed by atoms with E-state index in [-0.39, 0.29) is 17.7 Å². The lowest BCUT2D eigenvalue weighted by atomic mass is 10.0. The molecule has 3 rings (SSSR count). The largest absolute Gasteiger partial charge is 0.486 e. The fourth-order valence-electron chi connectivity index (χ4n) is 3.93. The van der Waals surface area contributed by atoms with Gasteiger partial charge in [0.05, 0.1) is 11.4 Å². The van der Waals surface area contributed by atoms with Gasteiger partial charge in [-0.05, 0) is 61.8 Å². The molecule has 8 heteroatoms. The molecule has 0 bridgehead atoms. The van der Waals surface area contributed by atoms with Gasteiger partial charge in [0.25, 0.3) is 0 Å². The molecule has 1 amide bonds. The van der Waals surface area contributed by atoms with Gasteiger partial charge in [0.2, 0.25) is 5.91 Å². The van der Waals surface area contributed by atoms with E-state index in [0.29, 0.717) is 12.5 Å². The van der Waals surface area contributed by atoms with Crippen LogP contribution in [0.3, 0.4) is 0 Å². The predicted octanol–water partition coefficient (Wildman–Crippen LogP) is 7.26. The standard InChI is InChI=1S/C28H38N4O2S2/c1-6-22-14-16-23(17-15-22)34-18-26-30-31-28(32(26)21(4)11-9-10-20(2)3)36-19-27(33)29-24-12-7-8-13-25(24)35-5/h7-8,12-17,20-21H,6,9-11,18-19H2,1-5H3,(H,29,33)/t21-/m0/s1. The molecule has 0 radical (unpaired) electrons. The summed E-state index contributed by atoms with van der Waals surface area (Å²) in [5.74, 6) is 2.47. The highest BCUT2D eigenvalue weighted by molar-refractivity contribution is 7.99. The molecule has 194 valence electrons. The monoisotopic (exact) mass is 526 g/mol. The zero-order valence-corrected chi connectivity index (χ0v) is 23.6. The third kappa shape index (κ3) is 8.30. The minimum Gasteiger partial charge on any atom is -0.486 e. The Morgan fingerprint density at radius 1 is 1.06 bits per heavy atom. The Morgan fingerprint density at radius 3 is 2.50 bits per heavy atom. The molecule has 3 aromatic rings. The van der Waals surface area contributed by atoms with E-state index in [1.165, 1.54) is 23.7 Å². The number of hydrogen-bond donors (Lipinski definition) is 1. The predicted molar refractivity (Wildman–Crippen MR) is 151 cm³/mol. The number of anilines is 1. The van der Waals surface area contributed by atoms with Gasteiger partial charge in [0, 0.05) is 10.9 Å². The smallest absolute Gasteiger partial charge is 0.234 e. The number of nitrogens with zero attached hydrogens (tertiary/aromatic N) is 3. The van der Waals surface area contributed by atoms with Gasteiger partial charge >= 0.3 is 0 Å². The Hall–Kier alpha value is -2.45. The van der Waals surface area contributed by atoms with Crippen LogP contribution >= 0.6 is 23.5 Å². The van der Waals surface area contributed by atoms with Crippen molar-refractivity contribution in [2.75, 3.05) is 17.3 Å². The van der Waals surface area contributed by atoms with Crippen molar-refractivity contribution in [2.45, 2.75) is 76.1 Å². The van der Waals surface area contributed by atoms with Crippen LogP contribution in [0.5, 0.6) is 5.75 Å². The maximum absolute atomic E-state index is 12.7. The highest BCUT2D eigenvalue weighted by atomic mass is 32.2. The summed E-state index contributed by atoms with van der Waals surface area (Å²) in [5.41, 5.74) is 2.11. The van der Waals surface area contributed by atoms with E-state index in [1.54, 1.807) is 11.8 Å². The van der Waals surface area contributed by atoms with E-state index in [2.05, 4.69) is 59.9 Å². The first-order valence-corrected chi connectivity index (χ1v) is 14.8.